The van der Waals surface area contributed by atoms with Crippen LogP contribution in [0.4, 0.5) is 0 Å². The smallest absolute Gasteiger partial charge is 0.277 e. The lowest BCUT2D eigenvalue weighted by Gasteiger charge is -2.35. The van der Waals surface area contributed by atoms with Gasteiger partial charge in [-0.3, -0.25) is 0 Å². The number of thiophene rings is 1. The van der Waals surface area contributed by atoms with Crippen LogP contribution in [0.15, 0.2) is 29.6 Å². The molecule has 1 atom stereocenters. The molecule has 0 saturated carbocycles. The van der Waals surface area contributed by atoms with E-state index in [0.717, 1.165) is 16.0 Å². The summed E-state index contributed by atoms with van der Waals surface area (Å²) < 4.78 is 36.1. The van der Waals surface area contributed by atoms with Crippen LogP contribution >= 0.6 is 11.3 Å². The van der Waals surface area contributed by atoms with Crippen molar-refractivity contribution in [2.45, 2.75) is 12.5 Å². The number of nitrogens with zero attached hydrogens (tertiary/aromatic N) is 1. The van der Waals surface area contributed by atoms with E-state index < -0.39 is 16.3 Å². The number of methoxy groups -OCH3 is 2. The van der Waals surface area contributed by atoms with Crippen molar-refractivity contribution >= 4 is 21.5 Å². The zero-order chi connectivity index (χ0) is 16.6. The van der Waals surface area contributed by atoms with Crippen molar-refractivity contribution in [2.75, 3.05) is 20.8 Å². The molecule has 23 heavy (non-hydrogen) atoms. The summed E-state index contributed by atoms with van der Waals surface area (Å²) in [6, 6.07) is 7.13. The molecule has 0 radical (unpaired) electrons. The Balaban J connectivity index is 2.20. The van der Waals surface area contributed by atoms with Gasteiger partial charge in [0.2, 0.25) is 0 Å². The third-order valence-electron chi connectivity index (χ3n) is 3.97. The molecule has 1 aromatic heterocycles. The molecule has 1 aliphatic heterocycles. The fraction of sp³-hybridized carbons (Fsp3) is 0.333. The Hall–Kier alpha value is -1.61. The van der Waals surface area contributed by atoms with Crippen molar-refractivity contribution in [1.29, 1.82) is 0 Å². The number of ether oxygens (including phenoxy) is 2. The third-order valence-corrected chi connectivity index (χ3v) is 5.94. The molecule has 124 valence electrons. The van der Waals surface area contributed by atoms with Crippen molar-refractivity contribution in [3.63, 3.8) is 0 Å². The predicted octanol–water partition coefficient (Wildman–Crippen LogP) is 1.92. The van der Waals surface area contributed by atoms with Gasteiger partial charge >= 0.3 is 0 Å². The molecular weight excluding hydrogens is 336 g/mol. The summed E-state index contributed by atoms with van der Waals surface area (Å²) in [7, 11) is -0.667. The molecule has 8 heteroatoms. The van der Waals surface area contributed by atoms with Crippen LogP contribution < -0.4 is 14.6 Å². The number of hydrogen-bond donors (Lipinski definition) is 1. The van der Waals surface area contributed by atoms with Crippen molar-refractivity contribution in [3.05, 3.63) is 45.6 Å². The minimum Gasteiger partial charge on any atom is -0.493 e. The van der Waals surface area contributed by atoms with Crippen LogP contribution in [0.3, 0.4) is 0 Å². The minimum atomic E-state index is -3.81. The van der Waals surface area contributed by atoms with Crippen LogP contribution in [-0.4, -0.2) is 33.5 Å². The van der Waals surface area contributed by atoms with Gasteiger partial charge in [-0.1, -0.05) is 6.07 Å². The first kappa shape index (κ1) is 16.3. The van der Waals surface area contributed by atoms with E-state index in [2.05, 4.69) is 0 Å². The van der Waals surface area contributed by atoms with E-state index in [-0.39, 0.29) is 0 Å². The van der Waals surface area contributed by atoms with Crippen LogP contribution in [0, 0.1) is 0 Å². The lowest BCUT2D eigenvalue weighted by atomic mass is 9.92. The molecule has 2 heterocycles. The second kappa shape index (κ2) is 6.12. The first-order valence-corrected chi connectivity index (χ1v) is 9.41. The first-order valence-electron chi connectivity index (χ1n) is 7.03. The molecular formula is C15H18N2O4S2. The lowest BCUT2D eigenvalue weighted by Crippen LogP contribution is -2.43. The van der Waals surface area contributed by atoms with E-state index in [9.17, 15) is 8.42 Å². The van der Waals surface area contributed by atoms with Gasteiger partial charge in [0.25, 0.3) is 10.2 Å². The van der Waals surface area contributed by atoms with Gasteiger partial charge in [-0.25, -0.2) is 5.14 Å². The van der Waals surface area contributed by atoms with Gasteiger partial charge in [0, 0.05) is 11.4 Å². The van der Waals surface area contributed by atoms with Crippen molar-refractivity contribution in [2.24, 2.45) is 5.14 Å². The van der Waals surface area contributed by atoms with Gasteiger partial charge in [0.1, 0.15) is 0 Å². The van der Waals surface area contributed by atoms with Gasteiger partial charge in [-0.15, -0.1) is 11.3 Å². The normalized spacial score (nSPS) is 18.5. The molecule has 0 unspecified atom stereocenters. The average Bonchev–Trinajstić information content (AvgIpc) is 3.05. The second-order valence-electron chi connectivity index (χ2n) is 5.23. The first-order chi connectivity index (χ1) is 11.0. The number of benzene rings is 1. The topological polar surface area (TPSA) is 81.9 Å². The second-order valence-corrected chi connectivity index (χ2v) is 7.71. The maximum absolute atomic E-state index is 12.0. The average molecular weight is 354 g/mol. The summed E-state index contributed by atoms with van der Waals surface area (Å²) in [5.41, 5.74) is 1.92. The number of fused-ring (bicyclic) bond motifs is 1. The number of nitrogens with two attached hydrogens (primary N) is 1. The fourth-order valence-corrected chi connectivity index (χ4v) is 4.73. The summed E-state index contributed by atoms with van der Waals surface area (Å²) in [5, 5.41) is 7.36. The monoisotopic (exact) mass is 354 g/mol. The molecule has 2 aromatic rings. The summed E-state index contributed by atoms with van der Waals surface area (Å²) in [6.45, 7) is 0.337. The van der Waals surface area contributed by atoms with E-state index >= 15 is 0 Å². The van der Waals surface area contributed by atoms with Crippen LogP contribution in [0.2, 0.25) is 0 Å². The summed E-state index contributed by atoms with van der Waals surface area (Å²) in [4.78, 5) is 0.923. The van der Waals surface area contributed by atoms with Crippen LogP contribution in [-0.2, 0) is 16.6 Å². The van der Waals surface area contributed by atoms with Gasteiger partial charge in [-0.05, 0) is 41.1 Å². The Morgan fingerprint density at radius 3 is 2.52 bits per heavy atom. The molecule has 3 rings (SSSR count). The Bertz CT molecular complexity index is 803. The Morgan fingerprint density at radius 2 is 1.96 bits per heavy atom. The molecule has 0 bridgehead atoms. The van der Waals surface area contributed by atoms with E-state index in [4.69, 9.17) is 14.6 Å². The summed E-state index contributed by atoms with van der Waals surface area (Å²) in [5.74, 6) is 1.21. The molecule has 1 aliphatic rings. The van der Waals surface area contributed by atoms with E-state index in [1.54, 1.807) is 14.2 Å². The highest BCUT2D eigenvalue weighted by Crippen LogP contribution is 2.42. The minimum absolute atomic E-state index is 0.337. The molecule has 1 aromatic carbocycles. The number of hydrogen-bond acceptors (Lipinski definition) is 5. The zero-order valence-electron chi connectivity index (χ0n) is 12.9. The van der Waals surface area contributed by atoms with Gasteiger partial charge < -0.3 is 9.47 Å². The van der Waals surface area contributed by atoms with Gasteiger partial charge in [0.05, 0.1) is 20.3 Å². The van der Waals surface area contributed by atoms with Crippen LogP contribution in [0.5, 0.6) is 11.5 Å². The summed E-state index contributed by atoms with van der Waals surface area (Å²) >= 11 is 1.50. The van der Waals surface area contributed by atoms with Crippen LogP contribution in [0.25, 0.3) is 0 Å². The Morgan fingerprint density at radius 1 is 1.26 bits per heavy atom. The summed E-state index contributed by atoms with van der Waals surface area (Å²) in [6.07, 6.45) is 0.577. The molecule has 0 saturated heterocycles. The van der Waals surface area contributed by atoms with Crippen LogP contribution in [0.1, 0.15) is 22.0 Å². The van der Waals surface area contributed by atoms with Crippen molar-refractivity contribution in [3.8, 4) is 11.5 Å². The van der Waals surface area contributed by atoms with Gasteiger partial charge in [0.15, 0.2) is 11.5 Å². The Kier molecular flexibility index (Phi) is 4.33. The SMILES string of the molecule is COc1cc2c(cc1OC)[C@H](c1cccs1)N(S(N)(=O)=O)CC2. The largest absolute Gasteiger partial charge is 0.493 e. The van der Waals surface area contributed by atoms with E-state index in [0.29, 0.717) is 24.5 Å². The maximum Gasteiger partial charge on any atom is 0.277 e. The molecule has 6 nitrogen and oxygen atoms in total. The molecule has 0 fully saturated rings. The highest BCUT2D eigenvalue weighted by Gasteiger charge is 2.36. The van der Waals surface area contributed by atoms with E-state index in [1.807, 2.05) is 29.6 Å². The lowest BCUT2D eigenvalue weighted by molar-refractivity contribution is 0.334. The molecule has 0 spiro atoms. The highest BCUT2D eigenvalue weighted by molar-refractivity contribution is 7.86. The standard InChI is InChI=1S/C15H18N2O4S2/c1-20-12-8-10-5-6-17(23(16,18)19)15(14-4-3-7-22-14)11(10)9-13(12)21-2/h3-4,7-9,15H,5-6H2,1-2H3,(H2,16,18,19)/t15-/m1/s1. The predicted molar refractivity (Wildman–Crippen MR) is 89.2 cm³/mol. The molecule has 2 N–H and O–H groups in total. The van der Waals surface area contributed by atoms with E-state index in [1.165, 1.54) is 15.6 Å². The Labute approximate surface area is 139 Å². The molecule has 0 amide bonds. The van der Waals surface area contributed by atoms with Crippen molar-refractivity contribution < 1.29 is 17.9 Å². The van der Waals surface area contributed by atoms with Crippen molar-refractivity contribution in [1.82, 2.24) is 4.31 Å². The van der Waals surface area contributed by atoms with Gasteiger partial charge in [-0.2, -0.15) is 12.7 Å². The zero-order valence-corrected chi connectivity index (χ0v) is 14.5. The third kappa shape index (κ3) is 2.94. The quantitative estimate of drug-likeness (QED) is 0.909. The molecule has 0 aliphatic carbocycles. The maximum atomic E-state index is 12.0. The number of rotatable bonds is 4. The highest BCUT2D eigenvalue weighted by atomic mass is 32.2. The fourth-order valence-electron chi connectivity index (χ4n) is 2.94.